The summed E-state index contributed by atoms with van der Waals surface area (Å²) in [5, 5.41) is 8.72. The second-order valence-electron chi connectivity index (χ2n) is 13.1. The van der Waals surface area contributed by atoms with E-state index in [1.165, 1.54) is 116 Å². The number of aliphatic carboxylic acids is 1. The van der Waals surface area contributed by atoms with Gasteiger partial charge in [-0.05, 0) is 96.3 Å². The number of rotatable bonds is 35. The summed E-state index contributed by atoms with van der Waals surface area (Å²) in [6.07, 6.45) is 47.6. The SMILES string of the molecule is CCCCC/C=C\C/C=C\CCCC/C=C\CCCCCCCC(=O)OC(CCCCCC)CCCCCCCCCC(=O)O. The Morgan fingerprint density at radius 1 is 0.489 bits per heavy atom. The van der Waals surface area contributed by atoms with E-state index in [0.29, 0.717) is 12.8 Å². The molecule has 0 fully saturated rings. The highest BCUT2D eigenvalue weighted by atomic mass is 16.5. The van der Waals surface area contributed by atoms with Crippen molar-refractivity contribution < 1.29 is 19.4 Å². The molecule has 0 saturated carbocycles. The van der Waals surface area contributed by atoms with Crippen molar-refractivity contribution in [3.05, 3.63) is 36.5 Å². The van der Waals surface area contributed by atoms with Crippen LogP contribution in [0.2, 0.25) is 0 Å². The Labute approximate surface area is 279 Å². The predicted molar refractivity (Wildman–Crippen MR) is 195 cm³/mol. The van der Waals surface area contributed by atoms with Crippen LogP contribution >= 0.6 is 0 Å². The van der Waals surface area contributed by atoms with Crippen LogP contribution in [-0.4, -0.2) is 23.1 Å². The molecule has 0 aromatic carbocycles. The van der Waals surface area contributed by atoms with Gasteiger partial charge < -0.3 is 9.84 Å². The molecule has 0 bridgehead atoms. The van der Waals surface area contributed by atoms with Crippen molar-refractivity contribution in [2.24, 2.45) is 0 Å². The fourth-order valence-electron chi connectivity index (χ4n) is 5.68. The lowest BCUT2D eigenvalue weighted by molar-refractivity contribution is -0.150. The zero-order valence-electron chi connectivity index (χ0n) is 29.9. The molecule has 0 radical (unpaired) electrons. The minimum absolute atomic E-state index is 0.00184. The molecule has 0 rings (SSSR count). The molecule has 1 unspecified atom stereocenters. The van der Waals surface area contributed by atoms with Crippen molar-refractivity contribution in [3.8, 4) is 0 Å². The molecule has 1 atom stereocenters. The van der Waals surface area contributed by atoms with Crippen LogP contribution in [0.15, 0.2) is 36.5 Å². The number of carboxylic acids is 1. The topological polar surface area (TPSA) is 63.6 Å². The second kappa shape index (κ2) is 36.6. The van der Waals surface area contributed by atoms with Crippen LogP contribution in [0.25, 0.3) is 0 Å². The maximum atomic E-state index is 12.5. The fraction of sp³-hybridized carbons (Fsp3) is 0.805. The highest BCUT2D eigenvalue weighted by Gasteiger charge is 2.14. The molecule has 0 aliphatic carbocycles. The number of hydrogen-bond donors (Lipinski definition) is 1. The average molecular weight is 631 g/mol. The first-order chi connectivity index (χ1) is 22.1. The minimum Gasteiger partial charge on any atom is -0.481 e. The van der Waals surface area contributed by atoms with E-state index in [2.05, 4.69) is 50.3 Å². The molecule has 45 heavy (non-hydrogen) atoms. The van der Waals surface area contributed by atoms with Crippen LogP contribution in [0.4, 0.5) is 0 Å². The van der Waals surface area contributed by atoms with Gasteiger partial charge in [-0.15, -0.1) is 0 Å². The largest absolute Gasteiger partial charge is 0.481 e. The van der Waals surface area contributed by atoms with Crippen LogP contribution in [0.1, 0.15) is 206 Å². The molecule has 0 aromatic heterocycles. The standard InChI is InChI=1S/C41H74O4/c1-3-5-7-9-10-11-12-13-14-15-16-17-18-19-20-21-22-23-27-30-34-38-41(44)45-39(35-31-8-6-4-2)36-32-28-25-24-26-29-33-37-40(42)43/h10-11,13-14,19-20,39H,3-9,12,15-18,21-38H2,1-2H3,(H,42,43)/b11-10-,14-13-,20-19-. The molecule has 0 heterocycles. The Morgan fingerprint density at radius 2 is 0.867 bits per heavy atom. The van der Waals surface area contributed by atoms with Crippen LogP contribution in [0.3, 0.4) is 0 Å². The maximum absolute atomic E-state index is 12.5. The Hall–Kier alpha value is -1.84. The van der Waals surface area contributed by atoms with Crippen molar-refractivity contribution in [3.63, 3.8) is 0 Å². The van der Waals surface area contributed by atoms with E-state index in [9.17, 15) is 9.59 Å². The Bertz CT molecular complexity index is 723. The van der Waals surface area contributed by atoms with Gasteiger partial charge in [0.25, 0.3) is 0 Å². The zero-order valence-corrected chi connectivity index (χ0v) is 29.9. The molecule has 262 valence electrons. The number of unbranched alkanes of at least 4 members (excludes halogenated alkanes) is 20. The zero-order chi connectivity index (χ0) is 32.9. The Kier molecular flexibility index (Phi) is 35.1. The normalized spacial score (nSPS) is 12.6. The van der Waals surface area contributed by atoms with Crippen molar-refractivity contribution >= 4 is 11.9 Å². The first kappa shape index (κ1) is 43.2. The number of carboxylic acid groups (broad SMARTS) is 1. The van der Waals surface area contributed by atoms with E-state index < -0.39 is 5.97 Å². The third kappa shape index (κ3) is 36.5. The number of ether oxygens (including phenoxy) is 1. The van der Waals surface area contributed by atoms with Gasteiger partial charge in [0, 0.05) is 12.8 Å². The number of allylic oxidation sites excluding steroid dienone is 6. The van der Waals surface area contributed by atoms with Gasteiger partial charge in [-0.2, -0.15) is 0 Å². The summed E-state index contributed by atoms with van der Waals surface area (Å²) < 4.78 is 5.95. The average Bonchev–Trinajstić information content (AvgIpc) is 3.02. The minimum atomic E-state index is -0.690. The van der Waals surface area contributed by atoms with E-state index in [1.54, 1.807) is 0 Å². The van der Waals surface area contributed by atoms with Crippen LogP contribution in [0.5, 0.6) is 0 Å². The number of carbonyl (C=O) groups excluding carboxylic acids is 1. The van der Waals surface area contributed by atoms with Gasteiger partial charge in [-0.1, -0.05) is 134 Å². The molecule has 0 aliphatic rings. The van der Waals surface area contributed by atoms with E-state index in [-0.39, 0.29) is 12.1 Å². The lowest BCUT2D eigenvalue weighted by Crippen LogP contribution is -2.18. The van der Waals surface area contributed by atoms with E-state index >= 15 is 0 Å². The van der Waals surface area contributed by atoms with Gasteiger partial charge in [0.15, 0.2) is 0 Å². The van der Waals surface area contributed by atoms with E-state index in [4.69, 9.17) is 9.84 Å². The summed E-state index contributed by atoms with van der Waals surface area (Å²) in [4.78, 5) is 23.1. The van der Waals surface area contributed by atoms with Gasteiger partial charge in [-0.25, -0.2) is 0 Å². The summed E-state index contributed by atoms with van der Waals surface area (Å²) in [5.41, 5.74) is 0. The molecule has 0 aromatic rings. The molecule has 1 N–H and O–H groups in total. The summed E-state index contributed by atoms with van der Waals surface area (Å²) in [6, 6.07) is 0. The van der Waals surface area contributed by atoms with Crippen LogP contribution in [-0.2, 0) is 14.3 Å². The number of esters is 1. The first-order valence-electron chi connectivity index (χ1n) is 19.5. The van der Waals surface area contributed by atoms with Crippen LogP contribution < -0.4 is 0 Å². The van der Waals surface area contributed by atoms with Crippen molar-refractivity contribution in [2.45, 2.75) is 213 Å². The molecule has 4 nitrogen and oxygen atoms in total. The molecule has 0 aliphatic heterocycles. The number of hydrogen-bond acceptors (Lipinski definition) is 3. The van der Waals surface area contributed by atoms with Gasteiger partial charge in [0.1, 0.15) is 6.10 Å². The molecular formula is C41H74O4. The lowest BCUT2D eigenvalue weighted by Gasteiger charge is -2.18. The first-order valence-corrected chi connectivity index (χ1v) is 19.5. The van der Waals surface area contributed by atoms with E-state index in [0.717, 1.165) is 64.2 Å². The number of carbonyl (C=O) groups is 2. The van der Waals surface area contributed by atoms with Gasteiger partial charge in [0.05, 0.1) is 0 Å². The summed E-state index contributed by atoms with van der Waals surface area (Å²) >= 11 is 0. The third-order valence-corrected chi connectivity index (χ3v) is 8.58. The quantitative estimate of drug-likeness (QED) is 0.0430. The summed E-state index contributed by atoms with van der Waals surface area (Å²) in [5.74, 6) is -0.688. The fourth-order valence-corrected chi connectivity index (χ4v) is 5.68. The molecule has 0 saturated heterocycles. The lowest BCUT2D eigenvalue weighted by atomic mass is 10.0. The molecular weight excluding hydrogens is 556 g/mol. The van der Waals surface area contributed by atoms with Gasteiger partial charge >= 0.3 is 11.9 Å². The van der Waals surface area contributed by atoms with Gasteiger partial charge in [0.2, 0.25) is 0 Å². The molecule has 0 spiro atoms. The summed E-state index contributed by atoms with van der Waals surface area (Å²) in [7, 11) is 0. The summed E-state index contributed by atoms with van der Waals surface area (Å²) in [6.45, 7) is 4.48. The monoisotopic (exact) mass is 631 g/mol. The molecule has 4 heteroatoms. The Morgan fingerprint density at radius 3 is 1.40 bits per heavy atom. The predicted octanol–water partition coefficient (Wildman–Crippen LogP) is 13.4. The van der Waals surface area contributed by atoms with Crippen molar-refractivity contribution in [1.82, 2.24) is 0 Å². The van der Waals surface area contributed by atoms with Gasteiger partial charge in [-0.3, -0.25) is 9.59 Å². The smallest absolute Gasteiger partial charge is 0.306 e. The van der Waals surface area contributed by atoms with E-state index in [1.807, 2.05) is 0 Å². The third-order valence-electron chi connectivity index (χ3n) is 8.58. The highest BCUT2D eigenvalue weighted by Crippen LogP contribution is 2.18. The maximum Gasteiger partial charge on any atom is 0.306 e. The Balaban J connectivity index is 3.78. The molecule has 0 amide bonds. The van der Waals surface area contributed by atoms with Crippen molar-refractivity contribution in [1.29, 1.82) is 0 Å². The van der Waals surface area contributed by atoms with Crippen LogP contribution in [0, 0.1) is 0 Å². The highest BCUT2D eigenvalue weighted by molar-refractivity contribution is 5.69. The van der Waals surface area contributed by atoms with Crippen molar-refractivity contribution in [2.75, 3.05) is 0 Å². The second-order valence-corrected chi connectivity index (χ2v) is 13.1.